The first kappa shape index (κ1) is 18.5. The van der Waals surface area contributed by atoms with Gasteiger partial charge in [-0.1, -0.05) is 6.92 Å². The lowest BCUT2D eigenvalue weighted by atomic mass is 10.3. The summed E-state index contributed by atoms with van der Waals surface area (Å²) in [5.74, 6) is 1.15. The molecule has 136 valence electrons. The van der Waals surface area contributed by atoms with Crippen LogP contribution in [-0.4, -0.2) is 72.9 Å². The van der Waals surface area contributed by atoms with Crippen molar-refractivity contribution in [2.24, 2.45) is 4.99 Å². The predicted molar refractivity (Wildman–Crippen MR) is 94.8 cm³/mol. The third-order valence-corrected chi connectivity index (χ3v) is 4.58. The highest BCUT2D eigenvalue weighted by molar-refractivity contribution is 5.81. The van der Waals surface area contributed by atoms with Gasteiger partial charge in [-0.05, 0) is 26.2 Å². The highest BCUT2D eigenvalue weighted by Crippen LogP contribution is 2.11. The molecule has 2 aliphatic rings. The number of aliphatic imine (C=N–C) groups is 1. The Labute approximate surface area is 144 Å². The van der Waals surface area contributed by atoms with Crippen molar-refractivity contribution in [2.75, 3.05) is 39.3 Å². The molecule has 7 heteroatoms. The number of likely N-dealkylation sites (tertiary alicyclic amines) is 2. The van der Waals surface area contributed by atoms with E-state index in [0.29, 0.717) is 19.4 Å². The van der Waals surface area contributed by atoms with E-state index in [0.717, 1.165) is 57.9 Å². The molecule has 1 atom stereocenters. The Kier molecular flexibility index (Phi) is 7.34. The van der Waals surface area contributed by atoms with Crippen molar-refractivity contribution >= 4 is 17.8 Å². The van der Waals surface area contributed by atoms with Gasteiger partial charge in [0, 0.05) is 51.6 Å². The highest BCUT2D eigenvalue weighted by atomic mass is 16.2. The number of nitrogens with one attached hydrogen (secondary N) is 2. The van der Waals surface area contributed by atoms with Crippen molar-refractivity contribution in [3.8, 4) is 0 Å². The standard InChI is InChI=1S/C17H31N5O2/c1-3-15(23)22-12-8-14(13-22)20-17(18-4-2)19-9-7-16(24)21-10-5-6-11-21/h14H,3-13H2,1-2H3,(H2,18,19,20). The molecule has 2 rings (SSSR count). The Balaban J connectivity index is 1.78. The molecule has 0 spiro atoms. The molecule has 2 aliphatic heterocycles. The van der Waals surface area contributed by atoms with Crippen molar-refractivity contribution < 1.29 is 9.59 Å². The molecule has 1 unspecified atom stereocenters. The van der Waals surface area contributed by atoms with Crippen molar-refractivity contribution in [3.63, 3.8) is 0 Å². The molecule has 2 saturated heterocycles. The van der Waals surface area contributed by atoms with E-state index < -0.39 is 0 Å². The zero-order valence-corrected chi connectivity index (χ0v) is 15.0. The van der Waals surface area contributed by atoms with Crippen LogP contribution >= 0.6 is 0 Å². The van der Waals surface area contributed by atoms with Gasteiger partial charge in [-0.2, -0.15) is 0 Å². The predicted octanol–water partition coefficient (Wildman–Crippen LogP) is 0.565. The first-order valence-corrected chi connectivity index (χ1v) is 9.24. The van der Waals surface area contributed by atoms with Crippen LogP contribution in [0.15, 0.2) is 4.99 Å². The molecule has 2 amide bonds. The molecule has 2 fully saturated rings. The molecule has 24 heavy (non-hydrogen) atoms. The fraction of sp³-hybridized carbons (Fsp3) is 0.824. The summed E-state index contributed by atoms with van der Waals surface area (Å²) < 4.78 is 0. The molecule has 7 nitrogen and oxygen atoms in total. The zero-order valence-electron chi connectivity index (χ0n) is 15.0. The maximum atomic E-state index is 12.1. The Morgan fingerprint density at radius 3 is 2.50 bits per heavy atom. The summed E-state index contributed by atoms with van der Waals surface area (Å²) in [5.41, 5.74) is 0. The lowest BCUT2D eigenvalue weighted by Crippen LogP contribution is -2.45. The summed E-state index contributed by atoms with van der Waals surface area (Å²) in [6, 6.07) is 0.229. The van der Waals surface area contributed by atoms with Crippen LogP contribution in [0.3, 0.4) is 0 Å². The lowest BCUT2D eigenvalue weighted by Gasteiger charge is -2.19. The van der Waals surface area contributed by atoms with Crippen LogP contribution in [0.4, 0.5) is 0 Å². The van der Waals surface area contributed by atoms with Gasteiger partial charge in [-0.25, -0.2) is 0 Å². The number of guanidine groups is 1. The van der Waals surface area contributed by atoms with Crippen molar-refractivity contribution in [1.82, 2.24) is 20.4 Å². The van der Waals surface area contributed by atoms with Gasteiger partial charge in [0.2, 0.25) is 11.8 Å². The number of hydrogen-bond acceptors (Lipinski definition) is 3. The van der Waals surface area contributed by atoms with Gasteiger partial charge in [0.05, 0.1) is 6.54 Å². The minimum atomic E-state index is 0.202. The van der Waals surface area contributed by atoms with Crippen LogP contribution in [0.1, 0.15) is 46.0 Å². The first-order valence-electron chi connectivity index (χ1n) is 9.24. The van der Waals surface area contributed by atoms with E-state index in [1.54, 1.807) is 0 Å². The molecule has 0 aliphatic carbocycles. The average Bonchev–Trinajstić information content (AvgIpc) is 3.26. The van der Waals surface area contributed by atoms with Gasteiger partial charge in [0.25, 0.3) is 0 Å². The quantitative estimate of drug-likeness (QED) is 0.549. The number of rotatable bonds is 6. The minimum absolute atomic E-state index is 0.202. The van der Waals surface area contributed by atoms with Crippen LogP contribution in [0.25, 0.3) is 0 Å². The molecular formula is C17H31N5O2. The van der Waals surface area contributed by atoms with Crippen LogP contribution in [0, 0.1) is 0 Å². The topological polar surface area (TPSA) is 77.0 Å². The smallest absolute Gasteiger partial charge is 0.224 e. The van der Waals surface area contributed by atoms with Crippen molar-refractivity contribution in [1.29, 1.82) is 0 Å². The minimum Gasteiger partial charge on any atom is -0.357 e. The van der Waals surface area contributed by atoms with Crippen molar-refractivity contribution in [2.45, 2.75) is 52.0 Å². The summed E-state index contributed by atoms with van der Waals surface area (Å²) in [6.45, 7) is 8.50. The van der Waals surface area contributed by atoms with Gasteiger partial charge in [0.1, 0.15) is 0 Å². The van der Waals surface area contributed by atoms with Gasteiger partial charge in [-0.3, -0.25) is 14.6 Å². The number of carbonyl (C=O) groups is 2. The van der Waals surface area contributed by atoms with Crippen LogP contribution in [-0.2, 0) is 9.59 Å². The van der Waals surface area contributed by atoms with E-state index in [2.05, 4.69) is 15.6 Å². The van der Waals surface area contributed by atoms with E-state index in [4.69, 9.17) is 0 Å². The Morgan fingerprint density at radius 2 is 1.83 bits per heavy atom. The van der Waals surface area contributed by atoms with Gasteiger partial charge < -0.3 is 20.4 Å². The summed E-state index contributed by atoms with van der Waals surface area (Å²) in [4.78, 5) is 32.2. The Hall–Kier alpha value is -1.79. The second-order valence-electron chi connectivity index (χ2n) is 6.42. The molecule has 0 bridgehead atoms. The maximum Gasteiger partial charge on any atom is 0.224 e. The summed E-state index contributed by atoms with van der Waals surface area (Å²) in [5, 5.41) is 6.61. The Bertz CT molecular complexity index is 460. The van der Waals surface area contributed by atoms with Gasteiger partial charge in [0.15, 0.2) is 5.96 Å². The summed E-state index contributed by atoms with van der Waals surface area (Å²) in [6.07, 6.45) is 4.19. The van der Waals surface area contributed by atoms with E-state index in [1.807, 2.05) is 23.6 Å². The maximum absolute atomic E-state index is 12.1. The summed E-state index contributed by atoms with van der Waals surface area (Å²) >= 11 is 0. The lowest BCUT2D eigenvalue weighted by molar-refractivity contribution is -0.130. The molecule has 0 aromatic carbocycles. The first-order chi connectivity index (χ1) is 11.6. The average molecular weight is 337 g/mol. The fourth-order valence-electron chi connectivity index (χ4n) is 3.23. The van der Waals surface area contributed by atoms with E-state index in [1.165, 1.54) is 0 Å². The normalized spacial score (nSPS) is 21.2. The van der Waals surface area contributed by atoms with Crippen molar-refractivity contribution in [3.05, 3.63) is 0 Å². The fourth-order valence-corrected chi connectivity index (χ4v) is 3.23. The molecule has 2 N–H and O–H groups in total. The monoisotopic (exact) mass is 337 g/mol. The molecule has 0 aromatic heterocycles. The summed E-state index contributed by atoms with van der Waals surface area (Å²) in [7, 11) is 0. The SMILES string of the molecule is CCNC(=NCCC(=O)N1CCCC1)NC1CCN(C(=O)CC)C1. The molecule has 0 aromatic rings. The van der Waals surface area contributed by atoms with Gasteiger partial charge in [-0.15, -0.1) is 0 Å². The number of hydrogen-bond donors (Lipinski definition) is 2. The zero-order chi connectivity index (χ0) is 17.4. The number of carbonyl (C=O) groups excluding carboxylic acids is 2. The van der Waals surface area contributed by atoms with Gasteiger partial charge >= 0.3 is 0 Å². The van der Waals surface area contributed by atoms with Crippen LogP contribution in [0.5, 0.6) is 0 Å². The molecule has 2 heterocycles. The Morgan fingerprint density at radius 1 is 1.08 bits per heavy atom. The number of nitrogens with zero attached hydrogens (tertiary/aromatic N) is 3. The van der Waals surface area contributed by atoms with E-state index in [9.17, 15) is 9.59 Å². The third kappa shape index (κ3) is 5.39. The molecular weight excluding hydrogens is 306 g/mol. The van der Waals surface area contributed by atoms with E-state index in [-0.39, 0.29) is 17.9 Å². The second kappa shape index (κ2) is 9.49. The van der Waals surface area contributed by atoms with Crippen LogP contribution < -0.4 is 10.6 Å². The molecule has 0 saturated carbocycles. The highest BCUT2D eigenvalue weighted by Gasteiger charge is 2.25. The third-order valence-electron chi connectivity index (χ3n) is 4.58. The molecule has 0 radical (unpaired) electrons. The van der Waals surface area contributed by atoms with E-state index >= 15 is 0 Å². The number of amides is 2. The second-order valence-corrected chi connectivity index (χ2v) is 6.42. The van der Waals surface area contributed by atoms with Crippen LogP contribution in [0.2, 0.25) is 0 Å². The largest absolute Gasteiger partial charge is 0.357 e.